The van der Waals surface area contributed by atoms with Crippen LogP contribution in [0.3, 0.4) is 0 Å². The maximum absolute atomic E-state index is 13.2. The van der Waals surface area contributed by atoms with Gasteiger partial charge < -0.3 is 9.84 Å². The number of hydrogen-bond donors (Lipinski definition) is 1. The lowest BCUT2D eigenvalue weighted by molar-refractivity contribution is -0.170. The lowest BCUT2D eigenvalue weighted by Gasteiger charge is -2.64. The van der Waals surface area contributed by atoms with Crippen LogP contribution in [0, 0.1) is 22.2 Å². The van der Waals surface area contributed by atoms with E-state index >= 15 is 0 Å². The first-order valence-electron chi connectivity index (χ1n) is 9.38. The molecule has 1 amide bonds. The van der Waals surface area contributed by atoms with Gasteiger partial charge in [-0.1, -0.05) is 25.9 Å². The van der Waals surface area contributed by atoms with Crippen LogP contribution >= 0.6 is 0 Å². The van der Waals surface area contributed by atoms with Crippen molar-refractivity contribution in [1.29, 1.82) is 0 Å². The molecule has 0 saturated heterocycles. The van der Waals surface area contributed by atoms with Gasteiger partial charge in [0.15, 0.2) is 5.82 Å². The van der Waals surface area contributed by atoms with Crippen LogP contribution in [0.2, 0.25) is 0 Å². The van der Waals surface area contributed by atoms with E-state index in [1.54, 1.807) is 0 Å². The lowest BCUT2D eigenvalue weighted by atomic mass is 9.40. The van der Waals surface area contributed by atoms with Crippen LogP contribution < -0.4 is 5.32 Å². The summed E-state index contributed by atoms with van der Waals surface area (Å²) >= 11 is 0. The van der Waals surface area contributed by atoms with E-state index in [-0.39, 0.29) is 17.4 Å². The lowest BCUT2D eigenvalue weighted by Crippen LogP contribution is -2.60. The van der Waals surface area contributed by atoms with Crippen molar-refractivity contribution in [2.45, 2.75) is 78.7 Å². The molecular weight excluding hydrogens is 302 g/mol. The second kappa shape index (κ2) is 5.06. The Labute approximate surface area is 144 Å². The molecule has 5 nitrogen and oxygen atoms in total. The van der Waals surface area contributed by atoms with Crippen LogP contribution in [0.15, 0.2) is 4.52 Å². The summed E-state index contributed by atoms with van der Waals surface area (Å²) in [5.41, 5.74) is 0.494. The van der Waals surface area contributed by atoms with Gasteiger partial charge in [-0.3, -0.25) is 4.79 Å². The molecule has 1 aromatic heterocycles. The number of hydrogen-bond acceptors (Lipinski definition) is 4. The topological polar surface area (TPSA) is 68.0 Å². The molecule has 1 heterocycles. The molecule has 4 bridgehead atoms. The molecule has 2 unspecified atom stereocenters. The minimum absolute atomic E-state index is 0.190. The molecule has 132 valence electrons. The van der Waals surface area contributed by atoms with Gasteiger partial charge in [-0.15, -0.1) is 0 Å². The summed E-state index contributed by atoms with van der Waals surface area (Å²) in [5, 5.41) is 7.13. The number of carbonyl (C=O) groups is 1. The summed E-state index contributed by atoms with van der Waals surface area (Å²) < 4.78 is 5.30. The SMILES string of the molecule is CCc1noc([C@H](C)NC(=O)C23CC4C[C@@](C)(C2)C[C@](C)(C4)C3)n1. The van der Waals surface area contributed by atoms with Gasteiger partial charge in [-0.05, 0) is 62.2 Å². The van der Waals surface area contributed by atoms with Gasteiger partial charge in [0.2, 0.25) is 11.8 Å². The molecule has 0 aliphatic heterocycles. The van der Waals surface area contributed by atoms with E-state index in [4.69, 9.17) is 4.52 Å². The van der Waals surface area contributed by atoms with Gasteiger partial charge in [0.1, 0.15) is 6.04 Å². The highest BCUT2D eigenvalue weighted by Gasteiger charge is 2.62. The van der Waals surface area contributed by atoms with Crippen molar-refractivity contribution in [3.05, 3.63) is 11.7 Å². The molecule has 4 fully saturated rings. The highest BCUT2D eigenvalue weighted by atomic mass is 16.5. The average Bonchev–Trinajstić information content (AvgIpc) is 2.92. The molecule has 0 spiro atoms. The van der Waals surface area contributed by atoms with E-state index < -0.39 is 0 Å². The fraction of sp³-hybridized carbons (Fsp3) is 0.842. The Bertz CT molecular complexity index is 649. The molecule has 1 aromatic rings. The highest BCUT2D eigenvalue weighted by molar-refractivity contribution is 5.83. The van der Waals surface area contributed by atoms with Gasteiger partial charge in [0, 0.05) is 6.42 Å². The van der Waals surface area contributed by atoms with Gasteiger partial charge in [0.05, 0.1) is 5.41 Å². The summed E-state index contributed by atoms with van der Waals surface area (Å²) in [5.74, 6) is 2.13. The number of aromatic nitrogens is 2. The van der Waals surface area contributed by atoms with E-state index in [1.807, 2.05) is 13.8 Å². The Morgan fingerprint density at radius 3 is 2.46 bits per heavy atom. The maximum atomic E-state index is 13.2. The zero-order chi connectivity index (χ0) is 17.2. The van der Waals surface area contributed by atoms with Crippen LogP contribution in [-0.4, -0.2) is 16.0 Å². The molecule has 5 heteroatoms. The highest BCUT2D eigenvalue weighted by Crippen LogP contribution is 2.69. The molecule has 4 aliphatic rings. The Balaban J connectivity index is 1.53. The first kappa shape index (κ1) is 16.1. The quantitative estimate of drug-likeness (QED) is 0.911. The molecule has 1 N–H and O–H groups in total. The summed E-state index contributed by atoms with van der Waals surface area (Å²) in [7, 11) is 0. The van der Waals surface area contributed by atoms with Crippen LogP contribution in [0.1, 0.15) is 84.0 Å². The monoisotopic (exact) mass is 331 g/mol. The molecule has 0 aromatic carbocycles. The Morgan fingerprint density at radius 2 is 1.92 bits per heavy atom. The van der Waals surface area contributed by atoms with Crippen molar-refractivity contribution < 1.29 is 9.32 Å². The summed E-state index contributed by atoms with van der Waals surface area (Å²) in [4.78, 5) is 17.6. The fourth-order valence-electron chi connectivity index (χ4n) is 6.70. The number of carbonyl (C=O) groups excluding carboxylic acids is 1. The maximum Gasteiger partial charge on any atom is 0.248 e. The van der Waals surface area contributed by atoms with Crippen molar-refractivity contribution in [2.24, 2.45) is 22.2 Å². The third kappa shape index (κ3) is 2.47. The molecule has 5 atom stereocenters. The first-order valence-corrected chi connectivity index (χ1v) is 9.38. The number of nitrogens with one attached hydrogen (secondary N) is 1. The smallest absolute Gasteiger partial charge is 0.248 e. The normalized spacial score (nSPS) is 41.4. The summed E-state index contributed by atoms with van der Waals surface area (Å²) in [6, 6.07) is -0.223. The fourth-order valence-corrected chi connectivity index (χ4v) is 6.70. The zero-order valence-electron chi connectivity index (χ0n) is 15.3. The summed E-state index contributed by atoms with van der Waals surface area (Å²) in [6.07, 6.45) is 7.76. The van der Waals surface area contributed by atoms with E-state index in [0.29, 0.717) is 28.5 Å². The van der Waals surface area contributed by atoms with Crippen molar-refractivity contribution in [3.8, 4) is 0 Å². The second-order valence-corrected chi connectivity index (χ2v) is 9.51. The minimum atomic E-state index is -0.223. The van der Waals surface area contributed by atoms with Gasteiger partial charge in [-0.25, -0.2) is 0 Å². The predicted molar refractivity (Wildman–Crippen MR) is 90.1 cm³/mol. The zero-order valence-corrected chi connectivity index (χ0v) is 15.3. The molecule has 0 radical (unpaired) electrons. The summed E-state index contributed by atoms with van der Waals surface area (Å²) in [6.45, 7) is 8.73. The molecule has 4 saturated carbocycles. The second-order valence-electron chi connectivity index (χ2n) is 9.51. The van der Waals surface area contributed by atoms with Gasteiger partial charge >= 0.3 is 0 Å². The van der Waals surface area contributed by atoms with Crippen molar-refractivity contribution in [1.82, 2.24) is 15.5 Å². The number of nitrogens with zero attached hydrogens (tertiary/aromatic N) is 2. The Morgan fingerprint density at radius 1 is 1.25 bits per heavy atom. The minimum Gasteiger partial charge on any atom is -0.344 e. The van der Waals surface area contributed by atoms with Gasteiger partial charge in [0.25, 0.3) is 0 Å². The molecule has 4 aliphatic carbocycles. The standard InChI is InChI=1S/C19H29N3O2/c1-5-14-21-15(24-22-14)12(2)20-16(23)19-8-13-6-17(3,10-19)9-18(4,7-13)11-19/h12-13H,5-11H2,1-4H3,(H,20,23)/t12-,13?,17-,18+,19?/m0/s1. The van der Waals surface area contributed by atoms with Crippen LogP contribution in [0.4, 0.5) is 0 Å². The molecule has 24 heavy (non-hydrogen) atoms. The Kier molecular flexibility index (Phi) is 3.39. The molecule has 5 rings (SSSR count). The van der Waals surface area contributed by atoms with E-state index in [2.05, 4.69) is 29.3 Å². The number of aryl methyl sites for hydroxylation is 1. The van der Waals surface area contributed by atoms with Crippen molar-refractivity contribution in [3.63, 3.8) is 0 Å². The van der Waals surface area contributed by atoms with Gasteiger partial charge in [-0.2, -0.15) is 4.98 Å². The van der Waals surface area contributed by atoms with E-state index in [1.165, 1.54) is 19.3 Å². The number of rotatable bonds is 4. The average molecular weight is 331 g/mol. The number of amides is 1. The van der Waals surface area contributed by atoms with Crippen molar-refractivity contribution in [2.75, 3.05) is 0 Å². The van der Waals surface area contributed by atoms with E-state index in [0.717, 1.165) is 25.7 Å². The Hall–Kier alpha value is -1.39. The third-order valence-electron chi connectivity index (χ3n) is 6.63. The third-order valence-corrected chi connectivity index (χ3v) is 6.63. The van der Waals surface area contributed by atoms with Crippen LogP contribution in [0.5, 0.6) is 0 Å². The van der Waals surface area contributed by atoms with Crippen molar-refractivity contribution >= 4 is 5.91 Å². The molecular formula is C19H29N3O2. The predicted octanol–water partition coefficient (Wildman–Crippen LogP) is 3.81. The first-order chi connectivity index (χ1) is 11.2. The van der Waals surface area contributed by atoms with Crippen LogP contribution in [-0.2, 0) is 11.2 Å². The van der Waals surface area contributed by atoms with Crippen LogP contribution in [0.25, 0.3) is 0 Å². The largest absolute Gasteiger partial charge is 0.344 e. The van der Waals surface area contributed by atoms with E-state index in [9.17, 15) is 4.79 Å².